The summed E-state index contributed by atoms with van der Waals surface area (Å²) < 4.78 is 0. The fourth-order valence-electron chi connectivity index (χ4n) is 3.81. The van der Waals surface area contributed by atoms with Gasteiger partial charge in [-0.05, 0) is 54.4 Å². The Bertz CT molecular complexity index is 1030. The number of β-lactam (4-membered cyclic amide) rings is 1. The van der Waals surface area contributed by atoms with Crippen molar-refractivity contribution in [2.24, 2.45) is 0 Å². The number of para-hydroxylation sites is 1. The molecule has 4 nitrogen and oxygen atoms in total. The van der Waals surface area contributed by atoms with Crippen LogP contribution in [0.4, 0.5) is 11.4 Å². The zero-order chi connectivity index (χ0) is 19.0. The van der Waals surface area contributed by atoms with Gasteiger partial charge in [0.05, 0.1) is 11.5 Å². The van der Waals surface area contributed by atoms with Crippen LogP contribution in [0.2, 0.25) is 5.02 Å². The van der Waals surface area contributed by atoms with Gasteiger partial charge in [-0.25, -0.2) is 0 Å². The van der Waals surface area contributed by atoms with Crippen molar-refractivity contribution in [2.45, 2.75) is 18.4 Å². The maximum absolute atomic E-state index is 13.3. The molecule has 2 atom stereocenters. The third-order valence-corrected chi connectivity index (χ3v) is 5.52. The zero-order valence-electron chi connectivity index (χ0n) is 14.7. The molecule has 5 heteroatoms. The molecule has 3 aromatic rings. The summed E-state index contributed by atoms with van der Waals surface area (Å²) in [7, 11) is 0. The van der Waals surface area contributed by atoms with Crippen LogP contribution in [-0.4, -0.2) is 5.91 Å². The molecule has 1 aliphatic rings. The van der Waals surface area contributed by atoms with Crippen LogP contribution in [-0.2, 0) is 10.2 Å². The van der Waals surface area contributed by atoms with E-state index in [0.29, 0.717) is 10.7 Å². The highest BCUT2D eigenvalue weighted by molar-refractivity contribution is 6.30. The predicted octanol–water partition coefficient (Wildman–Crippen LogP) is 5.87. The van der Waals surface area contributed by atoms with E-state index in [2.05, 4.69) is 4.98 Å². The van der Waals surface area contributed by atoms with Gasteiger partial charge in [0.1, 0.15) is 0 Å². The molecule has 0 aliphatic carbocycles. The van der Waals surface area contributed by atoms with Gasteiger partial charge >= 0.3 is 5.69 Å². The van der Waals surface area contributed by atoms with Crippen molar-refractivity contribution in [2.75, 3.05) is 4.90 Å². The summed E-state index contributed by atoms with van der Waals surface area (Å²) in [5.74, 6) is 0.0299. The Kier molecular flexibility index (Phi) is 4.18. The number of diazo groups is 1. The van der Waals surface area contributed by atoms with Crippen LogP contribution >= 0.6 is 11.6 Å². The van der Waals surface area contributed by atoms with Crippen molar-refractivity contribution < 1.29 is 4.79 Å². The Labute approximate surface area is 162 Å². The van der Waals surface area contributed by atoms with Crippen molar-refractivity contribution in [1.29, 1.82) is 5.39 Å². The Morgan fingerprint density at radius 3 is 2.19 bits per heavy atom. The first-order chi connectivity index (χ1) is 13.1. The summed E-state index contributed by atoms with van der Waals surface area (Å²) in [5.41, 5.74) is 2.49. The number of rotatable bonds is 3. The lowest BCUT2D eigenvalue weighted by Gasteiger charge is -2.55. The van der Waals surface area contributed by atoms with Gasteiger partial charge in [0.15, 0.2) is 4.98 Å². The van der Waals surface area contributed by atoms with E-state index in [-0.39, 0.29) is 11.9 Å². The van der Waals surface area contributed by atoms with E-state index in [4.69, 9.17) is 17.0 Å². The van der Waals surface area contributed by atoms with Crippen LogP contribution in [0.1, 0.15) is 24.1 Å². The van der Waals surface area contributed by atoms with E-state index in [0.717, 1.165) is 16.8 Å². The van der Waals surface area contributed by atoms with Crippen molar-refractivity contribution in [3.63, 3.8) is 0 Å². The van der Waals surface area contributed by atoms with E-state index in [1.165, 1.54) is 0 Å². The number of hydrogen-bond acceptors (Lipinski definition) is 2. The first-order valence-electron chi connectivity index (χ1n) is 8.65. The zero-order valence-corrected chi connectivity index (χ0v) is 15.5. The van der Waals surface area contributed by atoms with Gasteiger partial charge < -0.3 is 4.90 Å². The lowest BCUT2D eigenvalue weighted by molar-refractivity contribution is -0.132. The number of amides is 1. The second kappa shape index (κ2) is 6.53. The fourth-order valence-corrected chi connectivity index (χ4v) is 3.94. The van der Waals surface area contributed by atoms with Gasteiger partial charge in [-0.3, -0.25) is 4.79 Å². The first kappa shape index (κ1) is 17.3. The summed E-state index contributed by atoms with van der Waals surface area (Å²) in [4.78, 5) is 18.3. The Hall–Kier alpha value is -3.16. The predicted molar refractivity (Wildman–Crippen MR) is 107 cm³/mol. The lowest BCUT2D eigenvalue weighted by Crippen LogP contribution is -2.65. The molecular weight excluding hydrogens is 358 g/mol. The van der Waals surface area contributed by atoms with Gasteiger partial charge in [-0.15, -0.1) is 0 Å². The summed E-state index contributed by atoms with van der Waals surface area (Å²) in [6, 6.07) is 24.2. The number of carbonyl (C=O) groups is 1. The number of benzene rings is 3. The van der Waals surface area contributed by atoms with Gasteiger partial charge in [-0.2, -0.15) is 0 Å². The third kappa shape index (κ3) is 2.68. The van der Waals surface area contributed by atoms with E-state index in [1.807, 2.05) is 78.6 Å². The van der Waals surface area contributed by atoms with Crippen LogP contribution in [0.25, 0.3) is 4.98 Å². The van der Waals surface area contributed by atoms with Crippen molar-refractivity contribution in [3.8, 4) is 0 Å². The minimum Gasteiger partial charge on any atom is -0.303 e. The molecule has 0 saturated carbocycles. The average Bonchev–Trinajstić information content (AvgIpc) is 2.72. The molecule has 0 N–H and O–H groups in total. The molecular formula is C22H17ClN3O+. The van der Waals surface area contributed by atoms with Crippen LogP contribution in [0, 0.1) is 5.39 Å². The smallest absolute Gasteiger partial charge is 0.303 e. The quantitative estimate of drug-likeness (QED) is 0.425. The first-order valence-corrected chi connectivity index (χ1v) is 9.03. The molecule has 0 spiro atoms. The van der Waals surface area contributed by atoms with Crippen LogP contribution in [0.5, 0.6) is 0 Å². The van der Waals surface area contributed by atoms with Crippen LogP contribution in [0.15, 0.2) is 78.9 Å². The molecule has 1 fully saturated rings. The second-order valence-electron chi connectivity index (χ2n) is 6.81. The van der Waals surface area contributed by atoms with Crippen molar-refractivity contribution in [1.82, 2.24) is 0 Å². The molecule has 0 unspecified atom stereocenters. The SMILES string of the molecule is C[C@]1(c2ccc([N+]#N)cc2)C(=O)N(c2ccccc2)[C@@H]1c1ccc(Cl)cc1. The molecule has 0 radical (unpaired) electrons. The third-order valence-electron chi connectivity index (χ3n) is 5.27. The van der Waals surface area contributed by atoms with Crippen LogP contribution < -0.4 is 4.90 Å². The minimum absolute atomic E-state index is 0.0299. The second-order valence-corrected chi connectivity index (χ2v) is 7.25. The molecule has 4 rings (SSSR count). The molecule has 27 heavy (non-hydrogen) atoms. The summed E-state index contributed by atoms with van der Waals surface area (Å²) in [6.45, 7) is 1.96. The number of anilines is 1. The van der Waals surface area contributed by atoms with Gasteiger partial charge in [0, 0.05) is 22.8 Å². The maximum Gasteiger partial charge on any atom is 0.385 e. The van der Waals surface area contributed by atoms with Gasteiger partial charge in [0.2, 0.25) is 11.3 Å². The number of carbonyl (C=O) groups excluding carboxylic acids is 1. The topological polar surface area (TPSA) is 48.5 Å². The van der Waals surface area contributed by atoms with Gasteiger partial charge in [-0.1, -0.05) is 41.9 Å². The van der Waals surface area contributed by atoms with Crippen molar-refractivity contribution >= 4 is 28.9 Å². The van der Waals surface area contributed by atoms with Gasteiger partial charge in [0.25, 0.3) is 0 Å². The Morgan fingerprint density at radius 1 is 0.963 bits per heavy atom. The molecule has 1 amide bonds. The Balaban J connectivity index is 1.83. The van der Waals surface area contributed by atoms with E-state index in [9.17, 15) is 4.79 Å². The highest BCUT2D eigenvalue weighted by Crippen LogP contribution is 2.53. The highest BCUT2D eigenvalue weighted by atomic mass is 35.5. The molecule has 0 aromatic heterocycles. The molecule has 0 bridgehead atoms. The average molecular weight is 375 g/mol. The number of nitrogens with zero attached hydrogens (tertiary/aromatic N) is 3. The fraction of sp³-hybridized carbons (Fsp3) is 0.136. The largest absolute Gasteiger partial charge is 0.385 e. The van der Waals surface area contributed by atoms with Crippen molar-refractivity contribution in [3.05, 3.63) is 100.0 Å². The minimum atomic E-state index is -0.725. The summed E-state index contributed by atoms with van der Waals surface area (Å²) in [5, 5.41) is 9.60. The summed E-state index contributed by atoms with van der Waals surface area (Å²) >= 11 is 6.07. The molecule has 1 heterocycles. The normalized spacial score (nSPS) is 21.4. The molecule has 1 saturated heterocycles. The molecule has 1 aliphatic heterocycles. The lowest BCUT2D eigenvalue weighted by atomic mass is 9.64. The highest BCUT2D eigenvalue weighted by Gasteiger charge is 2.59. The monoisotopic (exact) mass is 374 g/mol. The van der Waals surface area contributed by atoms with E-state index in [1.54, 1.807) is 12.1 Å². The Morgan fingerprint density at radius 2 is 1.59 bits per heavy atom. The number of hydrogen-bond donors (Lipinski definition) is 0. The molecule has 132 valence electrons. The summed E-state index contributed by atoms with van der Waals surface area (Å²) in [6.07, 6.45) is 0. The standard InChI is InChI=1S/C22H17ClN3O/c1-22(16-9-13-18(25-24)14-10-16)20(15-7-11-17(23)12-8-15)26(21(22)27)19-5-3-2-4-6-19/h2-14,20H,1H3/q+1/t20-,22-/m1/s1. The van der Waals surface area contributed by atoms with E-state index >= 15 is 0 Å². The maximum atomic E-state index is 13.3. The number of halogens is 1. The van der Waals surface area contributed by atoms with E-state index < -0.39 is 5.41 Å². The molecule has 3 aromatic carbocycles. The van der Waals surface area contributed by atoms with Crippen LogP contribution in [0.3, 0.4) is 0 Å².